The largest absolute Gasteiger partial charge is 0.497 e. The van der Waals surface area contributed by atoms with Gasteiger partial charge >= 0.3 is 0 Å². The Morgan fingerprint density at radius 2 is 2.08 bits per heavy atom. The molecule has 2 aliphatic rings. The van der Waals surface area contributed by atoms with Gasteiger partial charge in [0.1, 0.15) is 5.75 Å². The summed E-state index contributed by atoms with van der Waals surface area (Å²) in [5.41, 5.74) is 1.13. The standard InChI is InChI=1S/C19H21N3O3/c1-4-6-8-15-13(7-5-2)17(23)22-19(21-15)14-10-9-12(25-3)11-16(14)20-18(19)24/h5-6,8-11,21H,2,4,7H2,1,3H3,(H,20,24)(H,22,23)/b8-6-. The predicted molar refractivity (Wildman–Crippen MR) is 95.9 cm³/mol. The maximum atomic E-state index is 12.7. The molecule has 6 nitrogen and oxygen atoms in total. The first-order valence-corrected chi connectivity index (χ1v) is 8.17. The summed E-state index contributed by atoms with van der Waals surface area (Å²) >= 11 is 0. The van der Waals surface area contributed by atoms with Crippen LogP contribution < -0.4 is 20.7 Å². The van der Waals surface area contributed by atoms with Crippen molar-refractivity contribution < 1.29 is 14.3 Å². The van der Waals surface area contributed by atoms with Crippen LogP contribution >= 0.6 is 0 Å². The van der Waals surface area contributed by atoms with E-state index in [9.17, 15) is 9.59 Å². The van der Waals surface area contributed by atoms with Gasteiger partial charge in [0.15, 0.2) is 0 Å². The third-order valence-corrected chi connectivity index (χ3v) is 4.31. The van der Waals surface area contributed by atoms with Crippen molar-refractivity contribution in [1.29, 1.82) is 0 Å². The summed E-state index contributed by atoms with van der Waals surface area (Å²) in [6.45, 7) is 5.71. The maximum Gasteiger partial charge on any atom is 0.275 e. The number of nitrogens with one attached hydrogen (secondary N) is 3. The van der Waals surface area contributed by atoms with Gasteiger partial charge < -0.3 is 20.7 Å². The number of rotatable bonds is 5. The minimum absolute atomic E-state index is 0.284. The molecule has 1 atom stereocenters. The topological polar surface area (TPSA) is 79.5 Å². The predicted octanol–water partition coefficient (Wildman–Crippen LogP) is 2.32. The number of anilines is 1. The Bertz CT molecular complexity index is 810. The molecule has 25 heavy (non-hydrogen) atoms. The molecule has 3 N–H and O–H groups in total. The molecule has 2 amide bonds. The van der Waals surface area contributed by atoms with Crippen LogP contribution in [0.2, 0.25) is 0 Å². The number of methoxy groups -OCH3 is 1. The molecule has 0 radical (unpaired) electrons. The highest BCUT2D eigenvalue weighted by Crippen LogP contribution is 2.39. The van der Waals surface area contributed by atoms with Gasteiger partial charge in [-0.25, -0.2) is 0 Å². The molecule has 0 saturated carbocycles. The van der Waals surface area contributed by atoms with Crippen molar-refractivity contribution >= 4 is 17.5 Å². The molecule has 3 rings (SSSR count). The first kappa shape index (κ1) is 16.8. The van der Waals surface area contributed by atoms with Crippen molar-refractivity contribution in [3.63, 3.8) is 0 Å². The number of amides is 2. The summed E-state index contributed by atoms with van der Waals surface area (Å²) in [6, 6.07) is 5.28. The van der Waals surface area contributed by atoms with Gasteiger partial charge in [-0.3, -0.25) is 9.59 Å². The van der Waals surface area contributed by atoms with Gasteiger partial charge in [-0.15, -0.1) is 6.58 Å². The molecule has 0 saturated heterocycles. The summed E-state index contributed by atoms with van der Waals surface area (Å²) in [5, 5.41) is 8.88. The Morgan fingerprint density at radius 1 is 1.28 bits per heavy atom. The Balaban J connectivity index is 2.10. The smallest absolute Gasteiger partial charge is 0.275 e. The number of allylic oxidation sites excluding steroid dienone is 3. The van der Waals surface area contributed by atoms with E-state index in [1.807, 2.05) is 19.1 Å². The quantitative estimate of drug-likeness (QED) is 0.719. The van der Waals surface area contributed by atoms with Crippen LogP contribution in [0.4, 0.5) is 5.69 Å². The van der Waals surface area contributed by atoms with Crippen LogP contribution in [0.15, 0.2) is 54.3 Å². The summed E-state index contributed by atoms with van der Waals surface area (Å²) in [4.78, 5) is 25.4. The van der Waals surface area contributed by atoms with Gasteiger partial charge in [-0.1, -0.05) is 19.1 Å². The minimum atomic E-state index is -1.32. The number of benzene rings is 1. The zero-order valence-electron chi connectivity index (χ0n) is 14.3. The van der Waals surface area contributed by atoms with Crippen LogP contribution in [-0.4, -0.2) is 18.9 Å². The number of hydrogen-bond donors (Lipinski definition) is 3. The average Bonchev–Trinajstić information content (AvgIpc) is 2.86. The van der Waals surface area contributed by atoms with Crippen LogP contribution in [0.5, 0.6) is 5.75 Å². The molecule has 1 aromatic rings. The average molecular weight is 339 g/mol. The van der Waals surface area contributed by atoms with Crippen LogP contribution in [0.3, 0.4) is 0 Å². The lowest BCUT2D eigenvalue weighted by molar-refractivity contribution is -0.130. The normalized spacial score (nSPS) is 21.8. The van der Waals surface area contributed by atoms with Crippen LogP contribution in [0, 0.1) is 0 Å². The van der Waals surface area contributed by atoms with Gasteiger partial charge in [0.05, 0.1) is 12.8 Å². The summed E-state index contributed by atoms with van der Waals surface area (Å²) in [5.74, 6) is 0.0182. The fraction of sp³-hybridized carbons (Fsp3) is 0.263. The molecule has 0 aliphatic carbocycles. The molecule has 0 aromatic heterocycles. The van der Waals surface area contributed by atoms with Crippen molar-refractivity contribution in [1.82, 2.24) is 10.6 Å². The van der Waals surface area contributed by atoms with Crippen molar-refractivity contribution in [2.75, 3.05) is 12.4 Å². The molecule has 130 valence electrons. The fourth-order valence-corrected chi connectivity index (χ4v) is 3.07. The number of hydrogen-bond acceptors (Lipinski definition) is 4. The van der Waals surface area contributed by atoms with Gasteiger partial charge in [0, 0.05) is 22.9 Å². The van der Waals surface area contributed by atoms with E-state index in [-0.39, 0.29) is 11.8 Å². The molecule has 0 fully saturated rings. The molecule has 2 heterocycles. The molecule has 1 unspecified atom stereocenters. The summed E-state index contributed by atoms with van der Waals surface area (Å²) in [7, 11) is 1.56. The van der Waals surface area contributed by atoms with E-state index in [1.165, 1.54) is 0 Å². The van der Waals surface area contributed by atoms with Gasteiger partial charge in [0.2, 0.25) is 5.66 Å². The second kappa shape index (κ2) is 6.47. The third-order valence-electron chi connectivity index (χ3n) is 4.31. The monoisotopic (exact) mass is 339 g/mol. The highest BCUT2D eigenvalue weighted by Gasteiger charge is 2.51. The zero-order chi connectivity index (χ0) is 18.0. The van der Waals surface area contributed by atoms with Crippen LogP contribution in [-0.2, 0) is 15.3 Å². The Morgan fingerprint density at radius 3 is 2.76 bits per heavy atom. The zero-order valence-corrected chi connectivity index (χ0v) is 14.3. The third kappa shape index (κ3) is 2.69. The Hall–Kier alpha value is -3.02. The molecular formula is C19H21N3O3. The number of ether oxygens (including phenoxy) is 1. The molecule has 2 aliphatic heterocycles. The van der Waals surface area contributed by atoms with E-state index in [1.54, 1.807) is 31.4 Å². The Kier molecular flexibility index (Phi) is 4.35. The Labute approximate surface area is 146 Å². The lowest BCUT2D eigenvalue weighted by atomic mass is 9.94. The first-order valence-electron chi connectivity index (χ1n) is 8.17. The molecule has 1 aromatic carbocycles. The number of carbonyl (C=O) groups is 2. The van der Waals surface area contributed by atoms with Gasteiger partial charge in [-0.2, -0.15) is 0 Å². The molecule has 1 spiro atoms. The van der Waals surface area contributed by atoms with Crippen molar-refractivity contribution in [3.05, 3.63) is 59.8 Å². The van der Waals surface area contributed by atoms with E-state index < -0.39 is 5.66 Å². The van der Waals surface area contributed by atoms with Crippen LogP contribution in [0.1, 0.15) is 25.3 Å². The molecule has 0 bridgehead atoms. The highest BCUT2D eigenvalue weighted by atomic mass is 16.5. The van der Waals surface area contributed by atoms with Gasteiger partial charge in [-0.05, 0) is 31.1 Å². The lowest BCUT2D eigenvalue weighted by Gasteiger charge is -2.36. The maximum absolute atomic E-state index is 12.7. The second-order valence-electron chi connectivity index (χ2n) is 5.89. The van der Waals surface area contributed by atoms with E-state index in [0.29, 0.717) is 34.7 Å². The number of carbonyl (C=O) groups excluding carboxylic acids is 2. The lowest BCUT2D eigenvalue weighted by Crippen LogP contribution is -2.63. The van der Waals surface area contributed by atoms with E-state index in [0.717, 1.165) is 6.42 Å². The summed E-state index contributed by atoms with van der Waals surface area (Å²) in [6.07, 6.45) is 6.69. The van der Waals surface area contributed by atoms with E-state index >= 15 is 0 Å². The summed E-state index contributed by atoms with van der Waals surface area (Å²) < 4.78 is 5.20. The van der Waals surface area contributed by atoms with E-state index in [4.69, 9.17) is 4.74 Å². The van der Waals surface area contributed by atoms with E-state index in [2.05, 4.69) is 22.5 Å². The second-order valence-corrected chi connectivity index (χ2v) is 5.89. The van der Waals surface area contributed by atoms with Crippen molar-refractivity contribution in [2.24, 2.45) is 0 Å². The molecule has 6 heteroatoms. The van der Waals surface area contributed by atoms with Crippen LogP contribution in [0.25, 0.3) is 0 Å². The van der Waals surface area contributed by atoms with Crippen molar-refractivity contribution in [2.45, 2.75) is 25.4 Å². The fourth-order valence-electron chi connectivity index (χ4n) is 3.07. The first-order chi connectivity index (χ1) is 12.1. The SMILES string of the molecule is C=CCC1=C(/C=C\CC)NC2(NC1=O)C(=O)Nc1cc(OC)ccc12. The van der Waals surface area contributed by atoms with Crippen molar-refractivity contribution in [3.8, 4) is 5.75 Å². The molecular weight excluding hydrogens is 318 g/mol. The highest BCUT2D eigenvalue weighted by molar-refractivity contribution is 6.10. The van der Waals surface area contributed by atoms with Gasteiger partial charge in [0.25, 0.3) is 11.8 Å². The number of fused-ring (bicyclic) bond motifs is 2. The minimum Gasteiger partial charge on any atom is -0.497 e.